The van der Waals surface area contributed by atoms with E-state index in [1.165, 1.54) is 17.8 Å². The normalized spacial score (nSPS) is 12.6. The number of benzene rings is 5. The second-order valence-corrected chi connectivity index (χ2v) is 12.4. The first-order chi connectivity index (χ1) is 23.3. The predicted molar refractivity (Wildman–Crippen MR) is 190 cm³/mol. The quantitative estimate of drug-likeness (QED) is 0.0998. The van der Waals surface area contributed by atoms with Crippen LogP contribution in [0, 0.1) is 0 Å². The highest BCUT2D eigenvalue weighted by atomic mass is 35.5. The van der Waals surface area contributed by atoms with Crippen LogP contribution in [0.1, 0.15) is 26.7 Å². The zero-order valence-corrected chi connectivity index (χ0v) is 27.4. The van der Waals surface area contributed by atoms with Gasteiger partial charge in [0.15, 0.2) is 11.5 Å². The SMILES string of the molecule is O=C(Nc1ccc(SC(C(=O)Nc2ccc3c(c2)OCO3)c2ccccc2)cc1)/C(=C/c1cccc(Cl)c1Cl)NC(=O)c1ccccc1. The number of amides is 3. The highest BCUT2D eigenvalue weighted by Gasteiger charge is 2.24. The molecule has 1 heterocycles. The lowest BCUT2D eigenvalue weighted by Gasteiger charge is -2.18. The predicted octanol–water partition coefficient (Wildman–Crippen LogP) is 8.60. The molecule has 0 aromatic heterocycles. The number of carbonyl (C=O) groups is 3. The monoisotopic (exact) mass is 695 g/mol. The van der Waals surface area contributed by atoms with E-state index >= 15 is 0 Å². The Kier molecular flexibility index (Phi) is 10.3. The lowest BCUT2D eigenvalue weighted by atomic mass is 10.1. The largest absolute Gasteiger partial charge is 0.454 e. The van der Waals surface area contributed by atoms with E-state index in [0.29, 0.717) is 39.0 Å². The van der Waals surface area contributed by atoms with E-state index in [-0.39, 0.29) is 23.4 Å². The first-order valence-corrected chi connectivity index (χ1v) is 16.3. The molecule has 1 aliphatic heterocycles. The molecule has 3 N–H and O–H groups in total. The molecule has 0 fully saturated rings. The Labute approximate surface area is 291 Å². The van der Waals surface area contributed by atoms with Gasteiger partial charge in [0.2, 0.25) is 12.7 Å². The average molecular weight is 697 g/mol. The molecule has 0 aliphatic carbocycles. The zero-order chi connectivity index (χ0) is 33.5. The van der Waals surface area contributed by atoms with E-state index in [1.807, 2.05) is 42.5 Å². The van der Waals surface area contributed by atoms with Gasteiger partial charge in [0.25, 0.3) is 11.8 Å². The van der Waals surface area contributed by atoms with Gasteiger partial charge in [-0.2, -0.15) is 0 Å². The van der Waals surface area contributed by atoms with Crippen LogP contribution in [-0.2, 0) is 9.59 Å². The molecule has 1 atom stereocenters. The van der Waals surface area contributed by atoms with Crippen molar-refractivity contribution in [2.75, 3.05) is 17.4 Å². The Morgan fingerprint density at radius 1 is 0.729 bits per heavy atom. The molecule has 240 valence electrons. The van der Waals surface area contributed by atoms with Crippen molar-refractivity contribution in [2.45, 2.75) is 10.1 Å². The van der Waals surface area contributed by atoms with Crippen molar-refractivity contribution < 1.29 is 23.9 Å². The molecule has 0 bridgehead atoms. The molecule has 1 unspecified atom stereocenters. The van der Waals surface area contributed by atoms with Gasteiger partial charge in [-0.1, -0.05) is 83.9 Å². The third-order valence-corrected chi connectivity index (χ3v) is 9.26. The van der Waals surface area contributed by atoms with E-state index in [2.05, 4.69) is 16.0 Å². The number of nitrogens with one attached hydrogen (secondary N) is 3. The summed E-state index contributed by atoms with van der Waals surface area (Å²) in [7, 11) is 0. The van der Waals surface area contributed by atoms with Gasteiger partial charge in [0.05, 0.1) is 10.0 Å². The second-order valence-electron chi connectivity index (χ2n) is 10.5. The number of thioether (sulfide) groups is 1. The number of hydrogen-bond acceptors (Lipinski definition) is 6. The number of fused-ring (bicyclic) bond motifs is 1. The fourth-order valence-corrected chi connectivity index (χ4v) is 6.15. The number of rotatable bonds is 10. The van der Waals surface area contributed by atoms with E-state index in [4.69, 9.17) is 32.7 Å². The van der Waals surface area contributed by atoms with Crippen LogP contribution >= 0.6 is 35.0 Å². The Morgan fingerprint density at radius 2 is 1.42 bits per heavy atom. The molecule has 5 aromatic carbocycles. The third-order valence-electron chi connectivity index (χ3n) is 7.16. The number of anilines is 2. The van der Waals surface area contributed by atoms with E-state index in [1.54, 1.807) is 78.9 Å². The number of ether oxygens (including phenoxy) is 2. The molecule has 11 heteroatoms. The van der Waals surface area contributed by atoms with E-state index in [9.17, 15) is 14.4 Å². The molecule has 6 rings (SSSR count). The van der Waals surface area contributed by atoms with Crippen molar-refractivity contribution in [1.29, 1.82) is 0 Å². The molecule has 0 saturated heterocycles. The Hall–Kier alpha value is -5.22. The van der Waals surface area contributed by atoms with Crippen LogP contribution in [0.3, 0.4) is 0 Å². The van der Waals surface area contributed by atoms with Gasteiger partial charge in [-0.25, -0.2) is 0 Å². The first-order valence-electron chi connectivity index (χ1n) is 14.7. The summed E-state index contributed by atoms with van der Waals surface area (Å²) in [5.41, 5.74) is 2.69. The minimum Gasteiger partial charge on any atom is -0.454 e. The summed E-state index contributed by atoms with van der Waals surface area (Å²) in [4.78, 5) is 40.9. The van der Waals surface area contributed by atoms with Crippen molar-refractivity contribution in [2.24, 2.45) is 0 Å². The smallest absolute Gasteiger partial charge is 0.272 e. The van der Waals surface area contributed by atoms with Gasteiger partial charge in [0, 0.05) is 27.9 Å². The summed E-state index contributed by atoms with van der Waals surface area (Å²) in [5, 5.41) is 8.49. The number of halogens is 2. The van der Waals surface area contributed by atoms with Crippen LogP contribution in [0.4, 0.5) is 11.4 Å². The minimum absolute atomic E-state index is 0.0317. The Balaban J connectivity index is 1.19. The van der Waals surface area contributed by atoms with Gasteiger partial charge in [-0.05, 0) is 71.8 Å². The highest BCUT2D eigenvalue weighted by Crippen LogP contribution is 2.38. The summed E-state index contributed by atoms with van der Waals surface area (Å²) in [6.45, 7) is 0.141. The van der Waals surface area contributed by atoms with Gasteiger partial charge in [-0.3, -0.25) is 14.4 Å². The van der Waals surface area contributed by atoms with Crippen LogP contribution < -0.4 is 25.4 Å². The molecule has 0 spiro atoms. The van der Waals surface area contributed by atoms with Gasteiger partial charge in [0.1, 0.15) is 10.9 Å². The molecule has 5 aromatic rings. The van der Waals surface area contributed by atoms with Crippen LogP contribution in [0.5, 0.6) is 11.5 Å². The average Bonchev–Trinajstić information content (AvgIpc) is 3.58. The van der Waals surface area contributed by atoms with Crippen molar-refractivity contribution in [1.82, 2.24) is 5.32 Å². The summed E-state index contributed by atoms with van der Waals surface area (Å²) >= 11 is 13.9. The summed E-state index contributed by atoms with van der Waals surface area (Å²) in [6.07, 6.45) is 1.47. The lowest BCUT2D eigenvalue weighted by Crippen LogP contribution is -2.30. The zero-order valence-electron chi connectivity index (χ0n) is 25.1. The highest BCUT2D eigenvalue weighted by molar-refractivity contribution is 8.00. The van der Waals surface area contributed by atoms with Crippen molar-refractivity contribution >= 4 is 70.1 Å². The van der Waals surface area contributed by atoms with Gasteiger partial charge in [-0.15, -0.1) is 11.8 Å². The van der Waals surface area contributed by atoms with Crippen LogP contribution in [-0.4, -0.2) is 24.5 Å². The molecule has 3 amide bonds. The number of hydrogen-bond donors (Lipinski definition) is 3. The maximum atomic E-state index is 13.6. The summed E-state index contributed by atoms with van der Waals surface area (Å²) < 4.78 is 10.8. The van der Waals surface area contributed by atoms with E-state index < -0.39 is 17.1 Å². The fraction of sp³-hybridized carbons (Fsp3) is 0.0541. The maximum absolute atomic E-state index is 13.6. The summed E-state index contributed by atoms with van der Waals surface area (Å²) in [5.74, 6) is -0.0498. The van der Waals surface area contributed by atoms with Crippen molar-refractivity contribution in [3.63, 3.8) is 0 Å². The molecule has 0 radical (unpaired) electrons. The lowest BCUT2D eigenvalue weighted by molar-refractivity contribution is -0.116. The molecule has 8 nitrogen and oxygen atoms in total. The topological polar surface area (TPSA) is 106 Å². The van der Waals surface area contributed by atoms with E-state index in [0.717, 1.165) is 10.5 Å². The second kappa shape index (κ2) is 15.1. The molecule has 0 saturated carbocycles. The third kappa shape index (κ3) is 8.01. The van der Waals surface area contributed by atoms with Crippen LogP contribution in [0.2, 0.25) is 10.0 Å². The maximum Gasteiger partial charge on any atom is 0.272 e. The first kappa shape index (κ1) is 32.7. The van der Waals surface area contributed by atoms with Crippen molar-refractivity contribution in [3.8, 4) is 11.5 Å². The Bertz CT molecular complexity index is 1990. The molecule has 48 heavy (non-hydrogen) atoms. The minimum atomic E-state index is -0.581. The summed E-state index contributed by atoms with van der Waals surface area (Å²) in [6, 6.07) is 35.3. The Morgan fingerprint density at radius 3 is 2.17 bits per heavy atom. The molecular weight excluding hydrogens is 669 g/mol. The van der Waals surface area contributed by atoms with Gasteiger partial charge < -0.3 is 25.4 Å². The van der Waals surface area contributed by atoms with Crippen LogP contribution in [0.15, 0.2) is 132 Å². The molecule has 1 aliphatic rings. The number of carbonyl (C=O) groups excluding carboxylic acids is 3. The van der Waals surface area contributed by atoms with Crippen LogP contribution in [0.25, 0.3) is 6.08 Å². The van der Waals surface area contributed by atoms with Gasteiger partial charge >= 0.3 is 0 Å². The van der Waals surface area contributed by atoms with Crippen molar-refractivity contribution in [3.05, 3.63) is 154 Å². The molecular formula is C37H27Cl2N3O5S. The standard InChI is InChI=1S/C37H27Cl2N3O5S/c38-29-13-7-12-25(33(29)39)20-30(42-35(43)24-10-5-2-6-11-24)36(44)40-26-14-17-28(18-15-26)48-34(23-8-3-1-4-9-23)37(45)41-27-16-19-31-32(21-27)47-22-46-31/h1-21,34H,22H2,(H,40,44)(H,41,45)(H,42,43)/b30-20-. The fourth-order valence-electron chi connectivity index (χ4n) is 4.76.